The average Bonchev–Trinajstić information content (AvgIpc) is 2.56. The molecule has 2 aromatic carbocycles. The number of phenols is 2. The minimum Gasteiger partial charge on any atom is -0.508 e. The molecule has 2 rings (SSSR count). The molecule has 120 valence electrons. The second-order valence-corrected chi connectivity index (χ2v) is 4.78. The van der Waals surface area contributed by atoms with Gasteiger partial charge in [0.25, 0.3) is 5.91 Å². The highest BCUT2D eigenvalue weighted by Crippen LogP contribution is 2.21. The summed E-state index contributed by atoms with van der Waals surface area (Å²) >= 11 is 0. The first-order valence-electron chi connectivity index (χ1n) is 6.90. The Morgan fingerprint density at radius 2 is 1.83 bits per heavy atom. The number of hydrogen-bond acceptors (Lipinski definition) is 5. The molecule has 0 saturated carbocycles. The van der Waals surface area contributed by atoms with Crippen molar-refractivity contribution in [3.63, 3.8) is 0 Å². The standard InChI is InChI=1S/C18H14N2O4/c19-11-15-13(2-1-3-16(15)22)10-17(23)18(24)20-9-8-12-4-6-14(21)7-5-12/h1-10,21-23H,(H,20,24)/b9-8-,17-10+. The Bertz CT molecular complexity index is 846. The van der Waals surface area contributed by atoms with Crippen LogP contribution in [0.25, 0.3) is 12.2 Å². The van der Waals surface area contributed by atoms with Crippen LogP contribution in [0.1, 0.15) is 16.7 Å². The van der Waals surface area contributed by atoms with Gasteiger partial charge in [0.2, 0.25) is 0 Å². The molecule has 0 heterocycles. The van der Waals surface area contributed by atoms with Crippen LogP contribution in [-0.4, -0.2) is 21.2 Å². The topological polar surface area (TPSA) is 114 Å². The van der Waals surface area contributed by atoms with E-state index in [1.165, 1.54) is 36.5 Å². The fraction of sp³-hybridized carbons (Fsp3) is 0. The summed E-state index contributed by atoms with van der Waals surface area (Å²) in [5, 5.41) is 39.9. The summed E-state index contributed by atoms with van der Waals surface area (Å²) in [4.78, 5) is 11.8. The average molecular weight is 322 g/mol. The molecule has 2 aromatic rings. The van der Waals surface area contributed by atoms with E-state index in [2.05, 4.69) is 5.32 Å². The maximum Gasteiger partial charge on any atom is 0.290 e. The van der Waals surface area contributed by atoms with E-state index in [1.807, 2.05) is 0 Å². The van der Waals surface area contributed by atoms with Gasteiger partial charge in [-0.25, -0.2) is 0 Å². The Labute approximate surface area is 138 Å². The summed E-state index contributed by atoms with van der Waals surface area (Å²) in [5.74, 6) is -1.47. The van der Waals surface area contributed by atoms with Crippen molar-refractivity contribution in [2.45, 2.75) is 0 Å². The second-order valence-electron chi connectivity index (χ2n) is 4.78. The van der Waals surface area contributed by atoms with Crippen molar-refractivity contribution in [2.75, 3.05) is 0 Å². The van der Waals surface area contributed by atoms with Gasteiger partial charge in [0, 0.05) is 6.20 Å². The van der Waals surface area contributed by atoms with Gasteiger partial charge in [-0.1, -0.05) is 24.3 Å². The van der Waals surface area contributed by atoms with Gasteiger partial charge in [-0.3, -0.25) is 4.79 Å². The monoisotopic (exact) mass is 322 g/mol. The normalized spacial score (nSPS) is 11.2. The Hall–Kier alpha value is -3.72. The van der Waals surface area contributed by atoms with Gasteiger partial charge < -0.3 is 20.6 Å². The molecular weight excluding hydrogens is 308 g/mol. The largest absolute Gasteiger partial charge is 0.508 e. The number of nitriles is 1. The fourth-order valence-corrected chi connectivity index (χ4v) is 1.89. The van der Waals surface area contributed by atoms with Gasteiger partial charge in [0.1, 0.15) is 23.1 Å². The zero-order chi connectivity index (χ0) is 17.5. The first kappa shape index (κ1) is 16.6. The minimum atomic E-state index is -0.766. The quantitative estimate of drug-likeness (QED) is 0.510. The van der Waals surface area contributed by atoms with E-state index in [0.29, 0.717) is 0 Å². The van der Waals surface area contributed by atoms with Crippen molar-refractivity contribution in [3.8, 4) is 17.6 Å². The summed E-state index contributed by atoms with van der Waals surface area (Å²) in [6, 6.07) is 12.5. The van der Waals surface area contributed by atoms with E-state index in [0.717, 1.165) is 11.6 Å². The molecule has 24 heavy (non-hydrogen) atoms. The number of aromatic hydroxyl groups is 2. The lowest BCUT2D eigenvalue weighted by Gasteiger charge is -2.03. The molecule has 0 aliphatic rings. The summed E-state index contributed by atoms with van der Waals surface area (Å²) in [7, 11) is 0. The third-order valence-corrected chi connectivity index (χ3v) is 3.09. The van der Waals surface area contributed by atoms with Crippen LogP contribution >= 0.6 is 0 Å². The fourth-order valence-electron chi connectivity index (χ4n) is 1.89. The molecule has 0 aliphatic heterocycles. The number of carbonyl (C=O) groups is 1. The Kier molecular flexibility index (Phi) is 5.21. The highest BCUT2D eigenvalue weighted by Gasteiger charge is 2.09. The SMILES string of the molecule is N#Cc1c(O)cccc1/C=C(/O)C(=O)N/C=C\c1ccc(O)cc1. The number of hydrogen-bond donors (Lipinski definition) is 4. The van der Waals surface area contributed by atoms with Crippen LogP contribution in [0.4, 0.5) is 0 Å². The van der Waals surface area contributed by atoms with Crippen LogP contribution in [0.5, 0.6) is 11.5 Å². The molecule has 4 N–H and O–H groups in total. The summed E-state index contributed by atoms with van der Waals surface area (Å²) in [6.45, 7) is 0. The summed E-state index contributed by atoms with van der Waals surface area (Å²) in [6.07, 6.45) is 4.02. The third-order valence-electron chi connectivity index (χ3n) is 3.09. The van der Waals surface area contributed by atoms with Gasteiger partial charge in [0.15, 0.2) is 5.76 Å². The van der Waals surface area contributed by atoms with Gasteiger partial charge >= 0.3 is 0 Å². The lowest BCUT2D eigenvalue weighted by Crippen LogP contribution is -2.18. The molecule has 0 aliphatic carbocycles. The molecule has 0 fully saturated rings. The number of nitrogens with zero attached hydrogens (tertiary/aromatic N) is 1. The molecule has 0 atom stereocenters. The zero-order valence-corrected chi connectivity index (χ0v) is 12.5. The lowest BCUT2D eigenvalue weighted by atomic mass is 10.1. The first-order chi connectivity index (χ1) is 11.5. The number of benzene rings is 2. The number of amides is 1. The van der Waals surface area contributed by atoms with Crippen LogP contribution < -0.4 is 5.32 Å². The van der Waals surface area contributed by atoms with E-state index in [4.69, 9.17) is 5.26 Å². The van der Waals surface area contributed by atoms with Crippen molar-refractivity contribution >= 4 is 18.1 Å². The third kappa shape index (κ3) is 4.15. The van der Waals surface area contributed by atoms with Crippen LogP contribution in [-0.2, 0) is 4.79 Å². The molecule has 6 heteroatoms. The minimum absolute atomic E-state index is 0.0310. The Morgan fingerprint density at radius 3 is 2.50 bits per heavy atom. The highest BCUT2D eigenvalue weighted by molar-refractivity contribution is 5.96. The van der Waals surface area contributed by atoms with Gasteiger partial charge in [-0.15, -0.1) is 0 Å². The smallest absolute Gasteiger partial charge is 0.290 e. The van der Waals surface area contributed by atoms with Crippen LogP contribution in [0.2, 0.25) is 0 Å². The van der Waals surface area contributed by atoms with Crippen molar-refractivity contribution < 1.29 is 20.1 Å². The Morgan fingerprint density at radius 1 is 1.12 bits per heavy atom. The number of nitrogens with one attached hydrogen (secondary N) is 1. The summed E-state index contributed by atoms with van der Waals surface area (Å²) < 4.78 is 0. The van der Waals surface area contributed by atoms with Crippen molar-refractivity contribution in [2.24, 2.45) is 0 Å². The van der Waals surface area contributed by atoms with Gasteiger partial charge in [0.05, 0.1) is 0 Å². The molecule has 0 saturated heterocycles. The van der Waals surface area contributed by atoms with E-state index in [1.54, 1.807) is 24.3 Å². The lowest BCUT2D eigenvalue weighted by molar-refractivity contribution is -0.118. The number of aliphatic hydroxyl groups is 1. The number of phenolic OH excluding ortho intramolecular Hbond substituents is 2. The van der Waals surface area contributed by atoms with E-state index >= 15 is 0 Å². The zero-order valence-electron chi connectivity index (χ0n) is 12.5. The van der Waals surface area contributed by atoms with Gasteiger partial charge in [-0.2, -0.15) is 5.26 Å². The maximum atomic E-state index is 11.8. The van der Waals surface area contributed by atoms with Crippen molar-refractivity contribution in [1.82, 2.24) is 5.32 Å². The van der Waals surface area contributed by atoms with Crippen LogP contribution in [0.3, 0.4) is 0 Å². The molecule has 0 radical (unpaired) electrons. The molecule has 0 aromatic heterocycles. The molecule has 0 bridgehead atoms. The summed E-state index contributed by atoms with van der Waals surface area (Å²) in [5.41, 5.74) is 0.945. The van der Waals surface area contributed by atoms with Crippen LogP contribution in [0.15, 0.2) is 54.4 Å². The second kappa shape index (κ2) is 7.51. The number of aliphatic hydroxyl groups excluding tert-OH is 1. The number of rotatable bonds is 4. The van der Waals surface area contributed by atoms with Gasteiger partial charge in [-0.05, 0) is 41.5 Å². The van der Waals surface area contributed by atoms with Crippen LogP contribution in [0, 0.1) is 11.3 Å². The van der Waals surface area contributed by atoms with Crippen molar-refractivity contribution in [3.05, 3.63) is 71.1 Å². The predicted molar refractivity (Wildman–Crippen MR) is 88.7 cm³/mol. The predicted octanol–water partition coefficient (Wildman–Crippen LogP) is 2.66. The molecule has 0 spiro atoms. The van der Waals surface area contributed by atoms with E-state index < -0.39 is 11.7 Å². The Balaban J connectivity index is 2.08. The first-order valence-corrected chi connectivity index (χ1v) is 6.90. The molecule has 0 unspecified atom stereocenters. The number of carbonyl (C=O) groups excluding carboxylic acids is 1. The molecule has 6 nitrogen and oxygen atoms in total. The maximum absolute atomic E-state index is 11.8. The molecule has 1 amide bonds. The molecular formula is C18H14N2O4. The highest BCUT2D eigenvalue weighted by atomic mass is 16.3. The van der Waals surface area contributed by atoms with Crippen molar-refractivity contribution in [1.29, 1.82) is 5.26 Å². The van der Waals surface area contributed by atoms with E-state index in [9.17, 15) is 20.1 Å². The van der Waals surface area contributed by atoms with E-state index in [-0.39, 0.29) is 22.6 Å².